The number of carbonyl (C=O) groups excluding carboxylic acids is 1. The van der Waals surface area contributed by atoms with Gasteiger partial charge >= 0.3 is 0 Å². The smallest absolute Gasteiger partial charge is 0.224 e. The highest BCUT2D eigenvalue weighted by molar-refractivity contribution is 5.91. The normalized spacial score (nSPS) is 15.9. The number of nitrogens with zero attached hydrogens (tertiary/aromatic N) is 5. The Hall–Kier alpha value is -4.00. The average molecular weight is 465 g/mol. The molecule has 1 saturated carbocycles. The van der Waals surface area contributed by atoms with Crippen molar-refractivity contribution in [1.82, 2.24) is 15.0 Å². The van der Waals surface area contributed by atoms with Gasteiger partial charge in [0.2, 0.25) is 5.91 Å². The lowest BCUT2D eigenvalue weighted by atomic mass is 10.0. The molecule has 0 spiro atoms. The Balaban J connectivity index is 1.15. The zero-order valence-corrected chi connectivity index (χ0v) is 19.6. The molecule has 2 fully saturated rings. The van der Waals surface area contributed by atoms with E-state index in [1.54, 1.807) is 0 Å². The zero-order chi connectivity index (χ0) is 23.6. The molecule has 2 aromatic heterocycles. The lowest BCUT2D eigenvalue weighted by Gasteiger charge is -2.36. The number of aromatic nitrogens is 3. The minimum Gasteiger partial charge on any atom is -0.368 e. The molecule has 0 atom stereocenters. The summed E-state index contributed by atoms with van der Waals surface area (Å²) in [4.78, 5) is 30.5. The molecule has 1 N–H and O–H groups in total. The lowest BCUT2D eigenvalue weighted by Crippen LogP contribution is -2.46. The van der Waals surface area contributed by atoms with Crippen LogP contribution in [0.25, 0.3) is 22.2 Å². The van der Waals surface area contributed by atoms with Gasteiger partial charge in [-0.25, -0.2) is 4.98 Å². The Kier molecular flexibility index (Phi) is 5.74. The van der Waals surface area contributed by atoms with Crippen LogP contribution in [0.1, 0.15) is 19.3 Å². The van der Waals surface area contributed by atoms with E-state index in [-0.39, 0.29) is 5.91 Å². The standard InChI is InChI=1S/C28H28N6O/c35-28(17-20-1-2-20)31-23-6-3-21(4-7-23)22-5-8-25-26(18-22)32-27(19-30-25)34-15-13-33(14-16-34)24-9-11-29-12-10-24/h3-12,18-20H,1-2,13-17H2,(H,31,35). The van der Waals surface area contributed by atoms with E-state index in [0.717, 1.165) is 59.8 Å². The van der Waals surface area contributed by atoms with Crippen LogP contribution in [0.15, 0.2) is 73.2 Å². The Bertz CT molecular complexity index is 1330. The van der Waals surface area contributed by atoms with Crippen molar-refractivity contribution < 1.29 is 4.79 Å². The number of hydrogen-bond donors (Lipinski definition) is 1. The molecule has 176 valence electrons. The molecule has 7 nitrogen and oxygen atoms in total. The van der Waals surface area contributed by atoms with Gasteiger partial charge in [0, 0.05) is 56.4 Å². The van der Waals surface area contributed by atoms with Gasteiger partial charge in [0.05, 0.1) is 17.2 Å². The number of carbonyl (C=O) groups is 1. The van der Waals surface area contributed by atoms with Crippen LogP contribution in [0.2, 0.25) is 0 Å². The Morgan fingerprint density at radius 1 is 0.857 bits per heavy atom. The van der Waals surface area contributed by atoms with Crippen LogP contribution in [0.5, 0.6) is 0 Å². The molecule has 2 aromatic carbocycles. The zero-order valence-electron chi connectivity index (χ0n) is 19.6. The van der Waals surface area contributed by atoms with Crippen LogP contribution < -0.4 is 15.1 Å². The van der Waals surface area contributed by atoms with Crippen LogP contribution in [0.3, 0.4) is 0 Å². The maximum absolute atomic E-state index is 12.1. The average Bonchev–Trinajstić information content (AvgIpc) is 3.73. The molecule has 0 unspecified atom stereocenters. The van der Waals surface area contributed by atoms with Crippen LogP contribution >= 0.6 is 0 Å². The van der Waals surface area contributed by atoms with Gasteiger partial charge in [-0.2, -0.15) is 0 Å². The van der Waals surface area contributed by atoms with Crippen molar-refractivity contribution >= 4 is 34.1 Å². The van der Waals surface area contributed by atoms with Crippen molar-refractivity contribution in [2.45, 2.75) is 19.3 Å². The number of piperazine rings is 1. The van der Waals surface area contributed by atoms with Crippen molar-refractivity contribution in [2.24, 2.45) is 5.92 Å². The monoisotopic (exact) mass is 464 g/mol. The molecule has 0 bridgehead atoms. The highest BCUT2D eigenvalue weighted by atomic mass is 16.1. The van der Waals surface area contributed by atoms with Crippen molar-refractivity contribution in [3.05, 3.63) is 73.2 Å². The number of amides is 1. The highest BCUT2D eigenvalue weighted by Gasteiger charge is 2.24. The number of anilines is 3. The minimum atomic E-state index is 0.107. The second-order valence-corrected chi connectivity index (χ2v) is 9.38. The fourth-order valence-corrected chi connectivity index (χ4v) is 4.62. The van der Waals surface area contributed by atoms with Crippen molar-refractivity contribution in [3.8, 4) is 11.1 Å². The summed E-state index contributed by atoms with van der Waals surface area (Å²) in [5.74, 6) is 1.61. The first-order valence-electron chi connectivity index (χ1n) is 12.3. The number of hydrogen-bond acceptors (Lipinski definition) is 6. The summed E-state index contributed by atoms with van der Waals surface area (Å²) < 4.78 is 0. The van der Waals surface area contributed by atoms with Gasteiger partial charge in [-0.1, -0.05) is 18.2 Å². The van der Waals surface area contributed by atoms with E-state index >= 15 is 0 Å². The first-order chi connectivity index (χ1) is 17.2. The predicted octanol–water partition coefficient (Wildman–Crippen LogP) is 4.76. The van der Waals surface area contributed by atoms with E-state index in [9.17, 15) is 4.79 Å². The van der Waals surface area contributed by atoms with Gasteiger partial charge in [0.15, 0.2) is 0 Å². The molecule has 0 radical (unpaired) electrons. The Morgan fingerprint density at radius 3 is 2.31 bits per heavy atom. The van der Waals surface area contributed by atoms with Gasteiger partial charge in [-0.15, -0.1) is 0 Å². The fourth-order valence-electron chi connectivity index (χ4n) is 4.62. The fraction of sp³-hybridized carbons (Fsp3) is 0.286. The third-order valence-corrected chi connectivity index (χ3v) is 6.83. The molecule has 3 heterocycles. The van der Waals surface area contributed by atoms with Gasteiger partial charge in [-0.3, -0.25) is 14.8 Å². The third kappa shape index (κ3) is 4.94. The van der Waals surface area contributed by atoms with E-state index in [4.69, 9.17) is 4.98 Å². The molecule has 2 aliphatic rings. The predicted molar refractivity (Wildman–Crippen MR) is 140 cm³/mol. The summed E-state index contributed by atoms with van der Waals surface area (Å²) >= 11 is 0. The molecule has 6 rings (SSSR count). The lowest BCUT2D eigenvalue weighted by molar-refractivity contribution is -0.116. The van der Waals surface area contributed by atoms with E-state index in [1.807, 2.05) is 48.9 Å². The third-order valence-electron chi connectivity index (χ3n) is 6.83. The van der Waals surface area contributed by atoms with E-state index in [0.29, 0.717) is 12.3 Å². The molecule has 1 aliphatic carbocycles. The van der Waals surface area contributed by atoms with Crippen LogP contribution in [-0.4, -0.2) is 47.0 Å². The van der Waals surface area contributed by atoms with Gasteiger partial charge in [0.1, 0.15) is 5.82 Å². The summed E-state index contributed by atoms with van der Waals surface area (Å²) in [7, 11) is 0. The number of pyridine rings is 1. The largest absolute Gasteiger partial charge is 0.368 e. The SMILES string of the molecule is O=C(CC1CC1)Nc1ccc(-c2ccc3ncc(N4CCN(c5ccncc5)CC4)nc3c2)cc1. The first kappa shape index (κ1) is 21.5. The summed E-state index contributed by atoms with van der Waals surface area (Å²) in [5.41, 5.74) is 6.00. The number of rotatable bonds is 6. The van der Waals surface area contributed by atoms with E-state index < -0.39 is 0 Å². The summed E-state index contributed by atoms with van der Waals surface area (Å²) in [6.45, 7) is 3.67. The molecule has 7 heteroatoms. The highest BCUT2D eigenvalue weighted by Crippen LogP contribution is 2.32. The minimum absolute atomic E-state index is 0.107. The van der Waals surface area contributed by atoms with Crippen LogP contribution in [0.4, 0.5) is 17.2 Å². The van der Waals surface area contributed by atoms with Crippen molar-refractivity contribution in [3.63, 3.8) is 0 Å². The number of benzene rings is 2. The molecule has 1 amide bonds. The van der Waals surface area contributed by atoms with Gasteiger partial charge in [-0.05, 0) is 66.3 Å². The molecule has 35 heavy (non-hydrogen) atoms. The van der Waals surface area contributed by atoms with Crippen molar-refractivity contribution in [2.75, 3.05) is 41.3 Å². The Morgan fingerprint density at radius 2 is 1.57 bits per heavy atom. The van der Waals surface area contributed by atoms with Gasteiger partial charge < -0.3 is 15.1 Å². The maximum Gasteiger partial charge on any atom is 0.224 e. The summed E-state index contributed by atoms with van der Waals surface area (Å²) in [5, 5.41) is 3.01. The van der Waals surface area contributed by atoms with Gasteiger partial charge in [0.25, 0.3) is 0 Å². The van der Waals surface area contributed by atoms with Crippen LogP contribution in [-0.2, 0) is 4.79 Å². The number of fused-ring (bicyclic) bond motifs is 1. The summed E-state index contributed by atoms with van der Waals surface area (Å²) in [6.07, 6.45) is 8.55. The number of nitrogens with one attached hydrogen (secondary N) is 1. The van der Waals surface area contributed by atoms with Crippen LogP contribution in [0, 0.1) is 5.92 Å². The van der Waals surface area contributed by atoms with E-state index in [1.165, 1.54) is 18.5 Å². The molecule has 1 saturated heterocycles. The molecular formula is C28H28N6O. The maximum atomic E-state index is 12.1. The quantitative estimate of drug-likeness (QED) is 0.444. The second-order valence-electron chi connectivity index (χ2n) is 9.38. The summed E-state index contributed by atoms with van der Waals surface area (Å²) in [6, 6.07) is 18.3. The molecular weight excluding hydrogens is 436 g/mol. The first-order valence-corrected chi connectivity index (χ1v) is 12.3. The molecule has 4 aromatic rings. The molecule has 1 aliphatic heterocycles. The topological polar surface area (TPSA) is 74.2 Å². The second kappa shape index (κ2) is 9.33. The Labute approximate surface area is 204 Å². The van der Waals surface area contributed by atoms with Crippen molar-refractivity contribution in [1.29, 1.82) is 0 Å². The van der Waals surface area contributed by atoms with E-state index in [2.05, 4.69) is 49.4 Å².